The predicted molar refractivity (Wildman–Crippen MR) is 146 cm³/mol. The van der Waals surface area contributed by atoms with Crippen molar-refractivity contribution in [3.05, 3.63) is 49.2 Å². The lowest BCUT2D eigenvalue weighted by Gasteiger charge is -2.43. The van der Waals surface area contributed by atoms with Gasteiger partial charge in [-0.15, -0.1) is 13.2 Å². The first-order chi connectivity index (χ1) is 15.9. The van der Waals surface area contributed by atoms with Crippen molar-refractivity contribution in [2.24, 2.45) is 4.99 Å². The number of rotatable bonds is 9. The number of aliphatic imine (C=N–C) groups is 1. The molecule has 1 heterocycles. The van der Waals surface area contributed by atoms with Crippen LogP contribution in [0.4, 0.5) is 0 Å². The van der Waals surface area contributed by atoms with Gasteiger partial charge in [-0.1, -0.05) is 44.6 Å². The van der Waals surface area contributed by atoms with Gasteiger partial charge in [-0.25, -0.2) is 4.99 Å². The van der Waals surface area contributed by atoms with E-state index < -0.39 is 0 Å². The quantitative estimate of drug-likeness (QED) is 0.182. The highest BCUT2D eigenvalue weighted by molar-refractivity contribution is 5.80. The number of carbonyl (C=O) groups excluding carboxylic acids is 1. The first kappa shape index (κ1) is 30.9. The second-order valence-electron chi connectivity index (χ2n) is 8.34. The lowest BCUT2D eigenvalue weighted by Crippen LogP contribution is -2.53. The lowest BCUT2D eigenvalue weighted by atomic mass is 9.91. The summed E-state index contributed by atoms with van der Waals surface area (Å²) in [4.78, 5) is 23.7. The zero-order chi connectivity index (χ0) is 25.2. The average molecular weight is 459 g/mol. The minimum absolute atomic E-state index is 0.127. The third kappa shape index (κ3) is 11.5. The Bertz CT molecular complexity index is 653. The molecule has 0 unspecified atom stereocenters. The highest BCUT2D eigenvalue weighted by Crippen LogP contribution is 2.25. The Morgan fingerprint density at radius 3 is 2.12 bits per heavy atom. The van der Waals surface area contributed by atoms with Crippen LogP contribution in [0.25, 0.3) is 0 Å². The molecule has 0 aromatic rings. The topological polar surface area (TPSA) is 39.2 Å². The van der Waals surface area contributed by atoms with E-state index in [-0.39, 0.29) is 5.91 Å². The van der Waals surface area contributed by atoms with E-state index in [0.29, 0.717) is 19.5 Å². The zero-order valence-electron chi connectivity index (χ0n) is 22.4. The van der Waals surface area contributed by atoms with E-state index in [1.165, 1.54) is 19.3 Å². The fourth-order valence-corrected chi connectivity index (χ4v) is 3.77. The van der Waals surface area contributed by atoms with E-state index >= 15 is 0 Å². The molecule has 0 N–H and O–H groups in total. The summed E-state index contributed by atoms with van der Waals surface area (Å²) < 4.78 is 0. The van der Waals surface area contributed by atoms with Gasteiger partial charge in [0.2, 0.25) is 5.91 Å². The van der Waals surface area contributed by atoms with Crippen molar-refractivity contribution in [3.8, 4) is 0 Å². The molecule has 5 nitrogen and oxygen atoms in total. The second kappa shape index (κ2) is 18.3. The molecule has 0 bridgehead atoms. The number of amidine groups is 1. The van der Waals surface area contributed by atoms with Crippen molar-refractivity contribution in [2.45, 2.75) is 79.7 Å². The van der Waals surface area contributed by atoms with Gasteiger partial charge in [0.05, 0.1) is 0 Å². The maximum atomic E-state index is 12.1. The molecular formula is C28H50N4O. The van der Waals surface area contributed by atoms with Crippen LogP contribution in [0.3, 0.4) is 0 Å². The second-order valence-corrected chi connectivity index (χ2v) is 8.34. The SMILES string of the molecule is C=CC.C=CCC(=O)N(CC)CC/C(=C/N=C(C)N1CCN(C2CCC2)CC1)C(=C)C.CC. The lowest BCUT2D eigenvalue weighted by molar-refractivity contribution is -0.130. The van der Waals surface area contributed by atoms with Crippen LogP contribution in [0.1, 0.15) is 73.6 Å². The molecule has 2 fully saturated rings. The molecule has 0 radical (unpaired) electrons. The van der Waals surface area contributed by atoms with Gasteiger partial charge in [0, 0.05) is 57.9 Å². The standard InChI is InChI=1S/C23H38N4O.C3H6.C2H6/c1-6-9-23(28)25(7-2)13-12-21(19(3)4)18-24-20(5)26-14-16-27(17-15-26)22-10-8-11-22;1-3-2;1-2/h6,18,22H,1,3,7-17H2,2,4-5H3;3H,1H2,2H3;1-2H3/b21-18-,24-20?;;. The Morgan fingerprint density at radius 2 is 1.70 bits per heavy atom. The van der Waals surface area contributed by atoms with Crippen LogP contribution < -0.4 is 0 Å². The van der Waals surface area contributed by atoms with Gasteiger partial charge in [0.15, 0.2) is 0 Å². The summed E-state index contributed by atoms with van der Waals surface area (Å²) in [5, 5.41) is 0. The van der Waals surface area contributed by atoms with Crippen LogP contribution in [0, 0.1) is 0 Å². The molecule has 1 saturated heterocycles. The van der Waals surface area contributed by atoms with Gasteiger partial charge in [0.25, 0.3) is 0 Å². The Balaban J connectivity index is 0.00000189. The van der Waals surface area contributed by atoms with Crippen molar-refractivity contribution in [1.29, 1.82) is 0 Å². The van der Waals surface area contributed by atoms with Gasteiger partial charge < -0.3 is 9.80 Å². The Labute approximate surface area is 204 Å². The largest absolute Gasteiger partial charge is 0.358 e. The molecule has 0 spiro atoms. The van der Waals surface area contributed by atoms with E-state index in [0.717, 1.165) is 55.6 Å². The number of amides is 1. The van der Waals surface area contributed by atoms with Crippen LogP contribution >= 0.6 is 0 Å². The summed E-state index contributed by atoms with van der Waals surface area (Å²) >= 11 is 0. The minimum atomic E-state index is 0.127. The number of hydrogen-bond acceptors (Lipinski definition) is 3. The Morgan fingerprint density at radius 1 is 1.12 bits per heavy atom. The zero-order valence-corrected chi connectivity index (χ0v) is 22.4. The van der Waals surface area contributed by atoms with Gasteiger partial charge >= 0.3 is 0 Å². The molecule has 1 amide bonds. The third-order valence-corrected chi connectivity index (χ3v) is 6.02. The molecule has 2 aliphatic rings. The van der Waals surface area contributed by atoms with Crippen LogP contribution in [-0.4, -0.2) is 71.8 Å². The summed E-state index contributed by atoms with van der Waals surface area (Å²) in [6.45, 7) is 28.9. The summed E-state index contributed by atoms with van der Waals surface area (Å²) in [6, 6.07) is 0.833. The van der Waals surface area contributed by atoms with E-state index in [9.17, 15) is 4.79 Å². The maximum absolute atomic E-state index is 12.1. The van der Waals surface area contributed by atoms with Crippen LogP contribution in [0.15, 0.2) is 54.2 Å². The Kier molecular flexibility index (Phi) is 17.1. The van der Waals surface area contributed by atoms with Crippen molar-refractivity contribution >= 4 is 11.7 Å². The van der Waals surface area contributed by atoms with E-state index in [1.54, 1.807) is 12.2 Å². The summed E-state index contributed by atoms with van der Waals surface area (Å²) in [6.07, 6.45) is 10.7. The highest BCUT2D eigenvalue weighted by atomic mass is 16.2. The van der Waals surface area contributed by atoms with Crippen LogP contribution in [0.2, 0.25) is 0 Å². The van der Waals surface area contributed by atoms with Crippen molar-refractivity contribution in [3.63, 3.8) is 0 Å². The normalized spacial score (nSPS) is 17.0. The molecule has 1 aliphatic heterocycles. The minimum Gasteiger partial charge on any atom is -0.358 e. The van der Waals surface area contributed by atoms with Gasteiger partial charge in [0.1, 0.15) is 5.84 Å². The number of allylic oxidation sites excluding steroid dienone is 2. The average Bonchev–Trinajstić information content (AvgIpc) is 2.77. The smallest absolute Gasteiger partial charge is 0.226 e. The predicted octanol–water partition coefficient (Wildman–Crippen LogP) is 6.07. The van der Waals surface area contributed by atoms with E-state index in [1.807, 2.05) is 45.7 Å². The molecule has 1 aliphatic carbocycles. The van der Waals surface area contributed by atoms with Crippen LogP contribution in [-0.2, 0) is 4.79 Å². The summed E-state index contributed by atoms with van der Waals surface area (Å²) in [7, 11) is 0. The number of nitrogens with zero attached hydrogens (tertiary/aromatic N) is 4. The van der Waals surface area contributed by atoms with E-state index in [4.69, 9.17) is 4.99 Å². The number of carbonyl (C=O) groups is 1. The van der Waals surface area contributed by atoms with Crippen molar-refractivity contribution < 1.29 is 4.79 Å². The third-order valence-electron chi connectivity index (χ3n) is 6.02. The van der Waals surface area contributed by atoms with Crippen LogP contribution in [0.5, 0.6) is 0 Å². The first-order valence-electron chi connectivity index (χ1n) is 12.7. The van der Waals surface area contributed by atoms with Crippen molar-refractivity contribution in [2.75, 3.05) is 39.3 Å². The summed E-state index contributed by atoms with van der Waals surface area (Å²) in [5.41, 5.74) is 2.12. The molecular weight excluding hydrogens is 408 g/mol. The fraction of sp³-hybridized carbons (Fsp3) is 0.643. The highest BCUT2D eigenvalue weighted by Gasteiger charge is 2.28. The molecule has 0 aromatic carbocycles. The maximum Gasteiger partial charge on any atom is 0.226 e. The van der Waals surface area contributed by atoms with Gasteiger partial charge in [-0.2, -0.15) is 0 Å². The van der Waals surface area contributed by atoms with Gasteiger partial charge in [-0.3, -0.25) is 9.69 Å². The molecule has 33 heavy (non-hydrogen) atoms. The number of piperazine rings is 1. The summed E-state index contributed by atoms with van der Waals surface area (Å²) in [5.74, 6) is 1.20. The molecule has 2 rings (SSSR count). The molecule has 5 heteroatoms. The molecule has 0 aromatic heterocycles. The number of hydrogen-bond donors (Lipinski definition) is 0. The molecule has 188 valence electrons. The molecule has 1 saturated carbocycles. The monoisotopic (exact) mass is 458 g/mol. The first-order valence-corrected chi connectivity index (χ1v) is 12.7. The van der Waals surface area contributed by atoms with Crippen molar-refractivity contribution in [1.82, 2.24) is 14.7 Å². The fourth-order valence-electron chi connectivity index (χ4n) is 3.77. The van der Waals surface area contributed by atoms with Gasteiger partial charge in [-0.05, 0) is 52.5 Å². The molecule has 0 atom stereocenters. The Hall–Kier alpha value is -2.14. The van der Waals surface area contributed by atoms with E-state index in [2.05, 4.69) is 36.5 Å².